The molecule has 1 amide bonds. The van der Waals surface area contributed by atoms with Gasteiger partial charge in [-0.2, -0.15) is 0 Å². The molecular formula is C14H14N2O8S2. The molecular weight excluding hydrogens is 388 g/mol. The molecule has 2 heterocycles. The number of fused-ring (bicyclic) bond motifs is 1. The molecule has 1 saturated heterocycles. The van der Waals surface area contributed by atoms with Gasteiger partial charge in [0.05, 0.1) is 10.6 Å². The average Bonchev–Trinajstić information content (AvgIpc) is 2.57. The van der Waals surface area contributed by atoms with Crippen LogP contribution in [0.1, 0.15) is 0 Å². The van der Waals surface area contributed by atoms with Gasteiger partial charge < -0.3 is 25.8 Å². The molecule has 5 N–H and O–H groups in total. The van der Waals surface area contributed by atoms with Gasteiger partial charge in [-0.25, -0.2) is 13.2 Å². The summed E-state index contributed by atoms with van der Waals surface area (Å²) >= 11 is 1.20. The lowest BCUT2D eigenvalue weighted by molar-refractivity contribution is -0.144. The molecule has 10 nitrogen and oxygen atoms in total. The fourth-order valence-corrected chi connectivity index (χ4v) is 5.43. The number of rotatable bonds is 4. The number of carbonyl (C=O) groups is 2. The average molecular weight is 402 g/mol. The first-order valence-electron chi connectivity index (χ1n) is 7.19. The Hall–Kier alpha value is -2.44. The third kappa shape index (κ3) is 3.06. The first kappa shape index (κ1) is 18.4. The monoisotopic (exact) mass is 402 g/mol. The number of carbonyl (C=O) groups excluding carboxylic acids is 1. The first-order chi connectivity index (χ1) is 12.1. The van der Waals surface area contributed by atoms with E-state index >= 15 is 0 Å². The van der Waals surface area contributed by atoms with Crippen molar-refractivity contribution < 1.29 is 38.1 Å². The van der Waals surface area contributed by atoms with Gasteiger partial charge in [-0.3, -0.25) is 9.69 Å². The standard InChI is InChI=1S/C14H14N2O8S2/c15-10-11(19)16-12(24-14(20)21)6(4-25-13(10)16)5-26(22,23)7-1-2-8(17)9(18)3-7/h1-3,10,13,17-18H,4-5,15H2,(H,20,21)/t10-,13-/m1/s1. The molecule has 0 saturated carbocycles. The third-order valence-corrected chi connectivity index (χ3v) is 6.95. The van der Waals surface area contributed by atoms with Crippen molar-refractivity contribution in [3.8, 4) is 11.5 Å². The van der Waals surface area contributed by atoms with Crippen LogP contribution in [0.15, 0.2) is 34.6 Å². The molecule has 1 fully saturated rings. The third-order valence-electron chi connectivity index (χ3n) is 3.89. The van der Waals surface area contributed by atoms with Crippen LogP contribution >= 0.6 is 11.8 Å². The summed E-state index contributed by atoms with van der Waals surface area (Å²) in [6, 6.07) is 2.20. The van der Waals surface area contributed by atoms with E-state index in [0.717, 1.165) is 23.1 Å². The van der Waals surface area contributed by atoms with Crippen molar-refractivity contribution in [2.75, 3.05) is 11.5 Å². The molecule has 2 atom stereocenters. The molecule has 0 aromatic heterocycles. The van der Waals surface area contributed by atoms with Crippen LogP contribution in [0.25, 0.3) is 0 Å². The zero-order chi connectivity index (χ0) is 19.2. The van der Waals surface area contributed by atoms with Crippen LogP contribution < -0.4 is 5.73 Å². The Kier molecular flexibility index (Phi) is 4.50. The van der Waals surface area contributed by atoms with Crippen LogP contribution in [0.2, 0.25) is 0 Å². The molecule has 3 rings (SSSR count). The number of hydrogen-bond donors (Lipinski definition) is 4. The fraction of sp³-hybridized carbons (Fsp3) is 0.286. The predicted molar refractivity (Wildman–Crippen MR) is 89.0 cm³/mol. The molecule has 140 valence electrons. The second-order valence-corrected chi connectivity index (χ2v) is 8.72. The molecule has 1 aromatic rings. The number of nitrogens with zero attached hydrogens (tertiary/aromatic N) is 1. The lowest BCUT2D eigenvalue weighted by Gasteiger charge is -2.47. The molecule has 26 heavy (non-hydrogen) atoms. The smallest absolute Gasteiger partial charge is 0.504 e. The van der Waals surface area contributed by atoms with E-state index in [2.05, 4.69) is 4.74 Å². The lowest BCUT2D eigenvalue weighted by atomic mass is 10.1. The first-order valence-corrected chi connectivity index (χ1v) is 9.89. The van der Waals surface area contributed by atoms with Gasteiger partial charge in [0.2, 0.25) is 11.8 Å². The highest BCUT2D eigenvalue weighted by Gasteiger charge is 2.51. The molecule has 0 aliphatic carbocycles. The van der Waals surface area contributed by atoms with Crippen LogP contribution in [0.5, 0.6) is 11.5 Å². The number of benzene rings is 1. The largest absolute Gasteiger partial charge is 0.512 e. The topological polar surface area (TPSA) is 167 Å². The van der Waals surface area contributed by atoms with Crippen LogP contribution in [-0.4, -0.2) is 63.6 Å². The van der Waals surface area contributed by atoms with Crippen molar-refractivity contribution >= 4 is 33.7 Å². The summed E-state index contributed by atoms with van der Waals surface area (Å²) in [5.41, 5.74) is 5.74. The van der Waals surface area contributed by atoms with E-state index in [4.69, 9.17) is 10.8 Å². The van der Waals surface area contributed by atoms with Crippen molar-refractivity contribution in [3.63, 3.8) is 0 Å². The highest BCUT2D eigenvalue weighted by atomic mass is 32.2. The van der Waals surface area contributed by atoms with Crippen LogP contribution in [0.3, 0.4) is 0 Å². The summed E-state index contributed by atoms with van der Waals surface area (Å²) in [7, 11) is -4.00. The Morgan fingerprint density at radius 2 is 2.04 bits per heavy atom. The molecule has 2 aliphatic heterocycles. The number of amides is 1. The summed E-state index contributed by atoms with van der Waals surface area (Å²) in [6.07, 6.45) is -1.68. The number of carboxylic acid groups (broad SMARTS) is 1. The van der Waals surface area contributed by atoms with E-state index in [9.17, 15) is 28.2 Å². The molecule has 2 aliphatic rings. The van der Waals surface area contributed by atoms with E-state index < -0.39 is 50.6 Å². The second kappa shape index (κ2) is 6.37. The summed E-state index contributed by atoms with van der Waals surface area (Å²) in [5, 5.41) is 27.2. The van der Waals surface area contributed by atoms with Crippen molar-refractivity contribution in [2.24, 2.45) is 5.73 Å². The normalized spacial score (nSPS) is 22.7. The van der Waals surface area contributed by atoms with Gasteiger partial charge in [0.15, 0.2) is 21.3 Å². The van der Waals surface area contributed by atoms with Crippen LogP contribution in [-0.2, 0) is 19.4 Å². The van der Waals surface area contributed by atoms with Crippen molar-refractivity contribution in [1.29, 1.82) is 0 Å². The van der Waals surface area contributed by atoms with Gasteiger partial charge in [0.25, 0.3) is 0 Å². The summed E-state index contributed by atoms with van der Waals surface area (Å²) in [4.78, 5) is 23.6. The highest BCUT2D eigenvalue weighted by molar-refractivity contribution is 8.00. The minimum absolute atomic E-state index is 0.0847. The van der Waals surface area contributed by atoms with Gasteiger partial charge in [0.1, 0.15) is 11.4 Å². The molecule has 1 aromatic carbocycles. The number of phenols is 2. The minimum atomic E-state index is -4.00. The lowest BCUT2D eigenvalue weighted by Crippen LogP contribution is -2.68. The Balaban J connectivity index is 1.97. The van der Waals surface area contributed by atoms with E-state index in [1.165, 1.54) is 11.8 Å². The van der Waals surface area contributed by atoms with Crippen molar-refractivity contribution in [3.05, 3.63) is 29.7 Å². The number of β-lactam (4-membered cyclic amide) rings is 1. The van der Waals surface area contributed by atoms with Gasteiger partial charge in [-0.05, 0) is 12.1 Å². The van der Waals surface area contributed by atoms with E-state index in [1.54, 1.807) is 0 Å². The van der Waals surface area contributed by atoms with Gasteiger partial charge in [0, 0.05) is 17.4 Å². The predicted octanol–water partition coefficient (Wildman–Crippen LogP) is 0.0201. The number of nitrogens with two attached hydrogens (primary N) is 1. The maximum atomic E-state index is 12.6. The summed E-state index contributed by atoms with van der Waals surface area (Å²) < 4.78 is 29.8. The molecule has 0 radical (unpaired) electrons. The number of sulfone groups is 1. The zero-order valence-corrected chi connectivity index (χ0v) is 14.7. The van der Waals surface area contributed by atoms with Crippen LogP contribution in [0, 0.1) is 0 Å². The number of thioether (sulfide) groups is 1. The molecule has 0 unspecified atom stereocenters. The highest BCUT2D eigenvalue weighted by Crippen LogP contribution is 2.40. The van der Waals surface area contributed by atoms with Crippen molar-refractivity contribution in [2.45, 2.75) is 16.3 Å². The molecule has 0 bridgehead atoms. The maximum absolute atomic E-state index is 12.6. The number of aromatic hydroxyl groups is 2. The SMILES string of the molecule is N[C@@H]1C(=O)N2C(OC(=O)O)=C(CS(=O)(=O)c3ccc(O)c(O)c3)CS[C@H]12. The maximum Gasteiger partial charge on any atom is 0.512 e. The Bertz CT molecular complexity index is 927. The Labute approximate surface area is 151 Å². The second-order valence-electron chi connectivity index (χ2n) is 5.62. The van der Waals surface area contributed by atoms with E-state index in [-0.39, 0.29) is 22.1 Å². The number of hydrogen-bond acceptors (Lipinski definition) is 9. The van der Waals surface area contributed by atoms with Gasteiger partial charge in [-0.15, -0.1) is 11.8 Å². The molecule has 0 spiro atoms. The van der Waals surface area contributed by atoms with Crippen LogP contribution in [0.4, 0.5) is 4.79 Å². The summed E-state index contributed by atoms with van der Waals surface area (Å²) in [5.74, 6) is -2.51. The van der Waals surface area contributed by atoms with E-state index in [0.29, 0.717) is 0 Å². The van der Waals surface area contributed by atoms with Gasteiger partial charge in [-0.1, -0.05) is 0 Å². The Morgan fingerprint density at radius 3 is 2.65 bits per heavy atom. The molecule has 12 heteroatoms. The van der Waals surface area contributed by atoms with Crippen molar-refractivity contribution in [1.82, 2.24) is 4.90 Å². The van der Waals surface area contributed by atoms with E-state index in [1.807, 2.05) is 0 Å². The number of phenolic OH excluding ortho intramolecular Hbond substituents is 2. The van der Waals surface area contributed by atoms with Gasteiger partial charge >= 0.3 is 6.16 Å². The zero-order valence-electron chi connectivity index (χ0n) is 13.0. The Morgan fingerprint density at radius 1 is 1.35 bits per heavy atom. The summed E-state index contributed by atoms with van der Waals surface area (Å²) in [6.45, 7) is 0. The quantitative estimate of drug-likeness (QED) is 0.306. The fourth-order valence-electron chi connectivity index (χ4n) is 2.62. The minimum Gasteiger partial charge on any atom is -0.504 e. The number of ether oxygens (including phenoxy) is 1.